The van der Waals surface area contributed by atoms with Crippen molar-refractivity contribution >= 4 is 11.9 Å². The number of carboxylic acid groups (broad SMARTS) is 1. The lowest BCUT2D eigenvalue weighted by atomic mass is 9.85. The van der Waals surface area contributed by atoms with Gasteiger partial charge in [-0.05, 0) is 30.9 Å². The van der Waals surface area contributed by atoms with Crippen molar-refractivity contribution in [3.63, 3.8) is 0 Å². The number of hydrogen-bond donors (Lipinski definition) is 3. The van der Waals surface area contributed by atoms with Gasteiger partial charge in [0.2, 0.25) is 5.91 Å². The van der Waals surface area contributed by atoms with Crippen LogP contribution in [0.5, 0.6) is 0 Å². The number of carbonyl (C=O) groups is 2. The van der Waals surface area contributed by atoms with Crippen molar-refractivity contribution in [2.75, 3.05) is 0 Å². The molecule has 0 bridgehead atoms. The molecular weight excluding hydrogens is 268 g/mol. The second-order valence-electron chi connectivity index (χ2n) is 5.81. The number of carbonyl (C=O) groups excluding carboxylic acids is 1. The second kappa shape index (κ2) is 6.26. The Bertz CT molecular complexity index is 517. The molecule has 0 aromatic heterocycles. The number of benzene rings is 1. The summed E-state index contributed by atoms with van der Waals surface area (Å²) in [6, 6.07) is 7.63. The summed E-state index contributed by atoms with van der Waals surface area (Å²) in [4.78, 5) is 23.7. The number of amides is 1. The fourth-order valence-electron chi connectivity index (χ4n) is 2.81. The fraction of sp³-hybridized carbons (Fsp3) is 0.500. The molecule has 5 heteroatoms. The first kappa shape index (κ1) is 15.5. The highest BCUT2D eigenvalue weighted by molar-refractivity contribution is 6.02. The quantitative estimate of drug-likeness (QED) is 0.723. The summed E-state index contributed by atoms with van der Waals surface area (Å²) in [6.45, 7) is 2.25. The molecule has 21 heavy (non-hydrogen) atoms. The average molecular weight is 290 g/mol. The Labute approximate surface area is 124 Å². The number of nitrogens with one attached hydrogen (secondary N) is 1. The largest absolute Gasteiger partial charge is 0.480 e. The van der Waals surface area contributed by atoms with E-state index in [2.05, 4.69) is 5.32 Å². The molecule has 0 aliphatic heterocycles. The minimum Gasteiger partial charge on any atom is -0.480 e. The average Bonchev–Trinajstić information content (AvgIpc) is 2.96. The van der Waals surface area contributed by atoms with E-state index in [1.807, 2.05) is 31.2 Å². The molecule has 1 amide bonds. The second-order valence-corrected chi connectivity index (χ2v) is 5.81. The van der Waals surface area contributed by atoms with Crippen molar-refractivity contribution in [2.45, 2.75) is 45.2 Å². The fourth-order valence-corrected chi connectivity index (χ4v) is 2.81. The van der Waals surface area contributed by atoms with E-state index >= 15 is 0 Å². The van der Waals surface area contributed by atoms with Crippen LogP contribution in [-0.2, 0) is 16.1 Å². The summed E-state index contributed by atoms with van der Waals surface area (Å²) < 4.78 is 0. The van der Waals surface area contributed by atoms with Gasteiger partial charge in [-0.2, -0.15) is 0 Å². The van der Waals surface area contributed by atoms with Gasteiger partial charge in [0.15, 0.2) is 0 Å². The smallest absolute Gasteiger partial charge is 0.319 e. The van der Waals surface area contributed by atoms with Gasteiger partial charge in [-0.3, -0.25) is 9.59 Å². The predicted octanol–water partition coefficient (Wildman–Crippen LogP) is 1.97. The summed E-state index contributed by atoms with van der Waals surface area (Å²) >= 11 is 0. The number of aliphatic carboxylic acids is 1. The molecule has 114 valence electrons. The molecule has 0 saturated heterocycles. The van der Waals surface area contributed by atoms with Crippen LogP contribution in [0.15, 0.2) is 24.3 Å². The maximum atomic E-state index is 12.2. The molecule has 0 unspecified atom stereocenters. The van der Waals surface area contributed by atoms with E-state index in [1.165, 1.54) is 0 Å². The first-order valence-corrected chi connectivity index (χ1v) is 7.32. The van der Waals surface area contributed by atoms with Gasteiger partial charge in [0.1, 0.15) is 5.41 Å². The van der Waals surface area contributed by atoms with E-state index in [-0.39, 0.29) is 11.9 Å². The maximum Gasteiger partial charge on any atom is 0.319 e. The van der Waals surface area contributed by atoms with E-state index < -0.39 is 11.4 Å². The minimum atomic E-state index is -1.23. The lowest BCUT2D eigenvalue weighted by molar-refractivity contribution is -0.155. The van der Waals surface area contributed by atoms with Crippen molar-refractivity contribution in [3.8, 4) is 0 Å². The van der Waals surface area contributed by atoms with Crippen LogP contribution in [0.2, 0.25) is 0 Å². The van der Waals surface area contributed by atoms with E-state index in [0.717, 1.165) is 24.0 Å². The monoisotopic (exact) mass is 290 g/mol. The van der Waals surface area contributed by atoms with Gasteiger partial charge in [0, 0.05) is 12.6 Å². The molecular formula is C16H22N2O3. The minimum absolute atomic E-state index is 0.0255. The van der Waals surface area contributed by atoms with Crippen LogP contribution in [-0.4, -0.2) is 17.0 Å². The molecule has 1 aliphatic carbocycles. The van der Waals surface area contributed by atoms with Crippen LogP contribution in [0, 0.1) is 5.41 Å². The predicted molar refractivity (Wildman–Crippen MR) is 79.4 cm³/mol. The van der Waals surface area contributed by atoms with Crippen molar-refractivity contribution < 1.29 is 14.7 Å². The van der Waals surface area contributed by atoms with Crippen LogP contribution in [0.4, 0.5) is 0 Å². The van der Waals surface area contributed by atoms with Crippen LogP contribution in [0.1, 0.15) is 49.8 Å². The lowest BCUT2D eigenvalue weighted by Gasteiger charge is -2.22. The zero-order chi connectivity index (χ0) is 15.5. The number of hydrogen-bond acceptors (Lipinski definition) is 3. The van der Waals surface area contributed by atoms with E-state index in [1.54, 1.807) is 0 Å². The third-order valence-corrected chi connectivity index (χ3v) is 4.26. The highest BCUT2D eigenvalue weighted by atomic mass is 16.4. The standard InChI is InChI=1S/C16H22N2O3/c1-11(17)13-6-4-12(5-7-13)10-18-14(19)16(15(20)21)8-2-3-9-16/h4-7,11H,2-3,8-10,17H2,1H3,(H,18,19)(H,20,21)/t11-/m1/s1. The van der Waals surface area contributed by atoms with Crippen LogP contribution < -0.4 is 11.1 Å². The molecule has 1 aliphatic rings. The number of carboxylic acids is 1. The third kappa shape index (κ3) is 3.24. The summed E-state index contributed by atoms with van der Waals surface area (Å²) in [5.41, 5.74) is 6.52. The molecule has 1 aromatic rings. The highest BCUT2D eigenvalue weighted by Gasteiger charge is 2.47. The first-order valence-electron chi connectivity index (χ1n) is 7.32. The molecule has 0 spiro atoms. The molecule has 5 nitrogen and oxygen atoms in total. The van der Waals surface area contributed by atoms with Crippen molar-refractivity contribution in [2.24, 2.45) is 11.1 Å². The van der Waals surface area contributed by atoms with Gasteiger partial charge in [-0.15, -0.1) is 0 Å². The first-order chi connectivity index (χ1) is 9.95. The van der Waals surface area contributed by atoms with Crippen molar-refractivity contribution in [1.82, 2.24) is 5.32 Å². The van der Waals surface area contributed by atoms with E-state index in [9.17, 15) is 14.7 Å². The molecule has 0 heterocycles. The van der Waals surface area contributed by atoms with Gasteiger partial charge in [-0.25, -0.2) is 0 Å². The molecule has 2 rings (SSSR count). The van der Waals surface area contributed by atoms with Gasteiger partial charge in [-0.1, -0.05) is 37.1 Å². The van der Waals surface area contributed by atoms with Gasteiger partial charge < -0.3 is 16.2 Å². The van der Waals surface area contributed by atoms with Crippen LogP contribution >= 0.6 is 0 Å². The SMILES string of the molecule is C[C@@H](N)c1ccc(CNC(=O)C2(C(=O)O)CCCC2)cc1. The Balaban J connectivity index is 1.98. The van der Waals surface area contributed by atoms with Gasteiger partial charge >= 0.3 is 5.97 Å². The molecule has 0 radical (unpaired) electrons. The number of nitrogens with two attached hydrogens (primary N) is 1. The van der Waals surface area contributed by atoms with Gasteiger partial charge in [0.25, 0.3) is 0 Å². The normalized spacial score (nSPS) is 18.2. The topological polar surface area (TPSA) is 92.4 Å². The Hall–Kier alpha value is -1.88. The Kier molecular flexibility index (Phi) is 4.63. The molecule has 1 fully saturated rings. The highest BCUT2D eigenvalue weighted by Crippen LogP contribution is 2.38. The van der Waals surface area contributed by atoms with Crippen molar-refractivity contribution in [1.29, 1.82) is 0 Å². The van der Waals surface area contributed by atoms with Gasteiger partial charge in [0.05, 0.1) is 0 Å². The molecule has 1 atom stereocenters. The molecule has 4 N–H and O–H groups in total. The lowest BCUT2D eigenvalue weighted by Crippen LogP contribution is -2.44. The zero-order valence-corrected chi connectivity index (χ0v) is 12.3. The third-order valence-electron chi connectivity index (χ3n) is 4.26. The van der Waals surface area contributed by atoms with E-state index in [4.69, 9.17) is 5.73 Å². The Morgan fingerprint density at radius 1 is 1.29 bits per heavy atom. The maximum absolute atomic E-state index is 12.2. The van der Waals surface area contributed by atoms with Crippen LogP contribution in [0.3, 0.4) is 0 Å². The van der Waals surface area contributed by atoms with Crippen molar-refractivity contribution in [3.05, 3.63) is 35.4 Å². The summed E-state index contributed by atoms with van der Waals surface area (Å²) in [5.74, 6) is -1.38. The Morgan fingerprint density at radius 2 is 1.86 bits per heavy atom. The van der Waals surface area contributed by atoms with E-state index in [0.29, 0.717) is 19.4 Å². The molecule has 1 aromatic carbocycles. The summed E-state index contributed by atoms with van der Waals surface area (Å²) in [6.07, 6.45) is 2.45. The van der Waals surface area contributed by atoms with Crippen LogP contribution in [0.25, 0.3) is 0 Å². The Morgan fingerprint density at radius 3 is 2.33 bits per heavy atom. The summed E-state index contributed by atoms with van der Waals surface area (Å²) in [7, 11) is 0. The zero-order valence-electron chi connectivity index (χ0n) is 12.3. The molecule has 1 saturated carbocycles. The summed E-state index contributed by atoms with van der Waals surface area (Å²) in [5, 5.41) is 12.1. The number of rotatable bonds is 5.